The molecule has 4 rings (SSSR count). The summed E-state index contributed by atoms with van der Waals surface area (Å²) in [6.07, 6.45) is -4.65. The van der Waals surface area contributed by atoms with Gasteiger partial charge in [0.05, 0.1) is 12.2 Å². The molecule has 10 heteroatoms. The maximum Gasteiger partial charge on any atom is 0.416 e. The van der Waals surface area contributed by atoms with E-state index in [0.29, 0.717) is 15.7 Å². The number of nitrogens with zero attached hydrogens (tertiary/aromatic N) is 2. The molecule has 2 unspecified atom stereocenters. The maximum atomic E-state index is 13.8. The summed E-state index contributed by atoms with van der Waals surface area (Å²) >= 11 is 12.0. The molecule has 0 saturated carbocycles. The predicted molar refractivity (Wildman–Crippen MR) is 124 cm³/mol. The van der Waals surface area contributed by atoms with Gasteiger partial charge in [0.15, 0.2) is 5.72 Å². The lowest BCUT2D eigenvalue weighted by atomic mass is 9.92. The summed E-state index contributed by atoms with van der Waals surface area (Å²) in [5.41, 5.74) is -2.67. The second kappa shape index (κ2) is 9.11. The minimum absolute atomic E-state index is 0.121. The first kappa shape index (κ1) is 24.3. The Balaban J connectivity index is 1.96. The van der Waals surface area contributed by atoms with E-state index in [0.717, 1.165) is 17.0 Å². The van der Waals surface area contributed by atoms with E-state index in [1.807, 2.05) is 0 Å². The maximum absolute atomic E-state index is 13.8. The SMILES string of the molecule is COCC1N(c2ccc(Cl)cc2)C(=O)N(c2ccc(Cl)cc2)C1(O)c1cccc(C(F)(F)F)c1. The fourth-order valence-corrected chi connectivity index (χ4v) is 4.35. The minimum Gasteiger partial charge on any atom is -0.382 e. The normalized spacial score (nSPS) is 20.8. The summed E-state index contributed by atoms with van der Waals surface area (Å²) in [6, 6.07) is 14.9. The zero-order chi connectivity index (χ0) is 24.7. The van der Waals surface area contributed by atoms with Gasteiger partial charge in [-0.15, -0.1) is 0 Å². The number of alkyl halides is 3. The van der Waals surface area contributed by atoms with Crippen LogP contribution in [0.5, 0.6) is 0 Å². The molecule has 1 saturated heterocycles. The zero-order valence-electron chi connectivity index (χ0n) is 17.8. The number of hydrogen-bond donors (Lipinski definition) is 1. The summed E-state index contributed by atoms with van der Waals surface area (Å²) in [4.78, 5) is 16.1. The zero-order valence-corrected chi connectivity index (χ0v) is 19.3. The third-order valence-corrected chi connectivity index (χ3v) is 6.15. The van der Waals surface area contributed by atoms with Gasteiger partial charge in [0.1, 0.15) is 6.04 Å². The van der Waals surface area contributed by atoms with Gasteiger partial charge in [-0.25, -0.2) is 4.79 Å². The monoisotopic (exact) mass is 510 g/mol. The first-order chi connectivity index (χ1) is 16.1. The molecule has 2 amide bonds. The van der Waals surface area contributed by atoms with Crippen LogP contribution in [-0.2, 0) is 16.6 Å². The second-order valence-corrected chi connectivity index (χ2v) is 8.59. The van der Waals surface area contributed by atoms with Gasteiger partial charge in [-0.3, -0.25) is 9.80 Å². The molecule has 3 aromatic rings. The lowest BCUT2D eigenvalue weighted by molar-refractivity contribution is -0.137. The van der Waals surface area contributed by atoms with Crippen LogP contribution in [0.1, 0.15) is 11.1 Å². The number of urea groups is 1. The van der Waals surface area contributed by atoms with Crippen molar-refractivity contribution in [2.75, 3.05) is 23.5 Å². The fraction of sp³-hybridized carbons (Fsp3) is 0.208. The molecular weight excluding hydrogens is 492 g/mol. The van der Waals surface area contributed by atoms with Gasteiger partial charge in [-0.2, -0.15) is 13.2 Å². The van der Waals surface area contributed by atoms with Crippen molar-refractivity contribution in [1.82, 2.24) is 0 Å². The lowest BCUT2D eigenvalue weighted by Gasteiger charge is -2.37. The number of aliphatic hydroxyl groups is 1. The van der Waals surface area contributed by atoms with Crippen LogP contribution < -0.4 is 9.80 Å². The summed E-state index contributed by atoms with van der Waals surface area (Å²) in [6.45, 7) is -0.175. The van der Waals surface area contributed by atoms with Crippen LogP contribution in [0.15, 0.2) is 72.8 Å². The van der Waals surface area contributed by atoms with Crippen LogP contribution in [-0.4, -0.2) is 30.9 Å². The number of rotatable bonds is 5. The largest absolute Gasteiger partial charge is 0.416 e. The Morgan fingerprint density at radius 2 is 1.53 bits per heavy atom. The molecule has 0 aliphatic carbocycles. The van der Waals surface area contributed by atoms with Gasteiger partial charge in [-0.1, -0.05) is 35.3 Å². The molecule has 5 nitrogen and oxygen atoms in total. The van der Waals surface area contributed by atoms with E-state index >= 15 is 0 Å². The first-order valence-electron chi connectivity index (χ1n) is 10.1. The first-order valence-corrected chi connectivity index (χ1v) is 10.9. The fourth-order valence-electron chi connectivity index (χ4n) is 4.10. The van der Waals surface area contributed by atoms with Crippen molar-refractivity contribution in [3.05, 3.63) is 94.0 Å². The molecule has 1 fully saturated rings. The smallest absolute Gasteiger partial charge is 0.382 e. The third kappa shape index (κ3) is 4.22. The van der Waals surface area contributed by atoms with E-state index in [2.05, 4.69) is 0 Å². The van der Waals surface area contributed by atoms with Crippen LogP contribution in [0, 0.1) is 0 Å². The van der Waals surface area contributed by atoms with Crippen LogP contribution in [0.2, 0.25) is 10.0 Å². The van der Waals surface area contributed by atoms with Crippen LogP contribution in [0.25, 0.3) is 0 Å². The van der Waals surface area contributed by atoms with Crippen molar-refractivity contribution in [2.45, 2.75) is 17.9 Å². The number of halogens is 5. The molecule has 3 aromatic carbocycles. The highest BCUT2D eigenvalue weighted by Gasteiger charge is 2.59. The average molecular weight is 511 g/mol. The molecule has 0 spiro atoms. The lowest BCUT2D eigenvalue weighted by Crippen LogP contribution is -2.51. The number of amides is 2. The van der Waals surface area contributed by atoms with Crippen LogP contribution in [0.4, 0.5) is 29.3 Å². The van der Waals surface area contributed by atoms with E-state index in [1.165, 1.54) is 48.4 Å². The Labute approximate surface area is 203 Å². The Bertz CT molecular complexity index is 1190. The molecule has 0 radical (unpaired) electrons. The van der Waals surface area contributed by atoms with Crippen molar-refractivity contribution < 1.29 is 27.8 Å². The van der Waals surface area contributed by atoms with Crippen LogP contribution >= 0.6 is 23.2 Å². The van der Waals surface area contributed by atoms with Gasteiger partial charge >= 0.3 is 12.2 Å². The van der Waals surface area contributed by atoms with Gasteiger partial charge in [0.25, 0.3) is 0 Å². The van der Waals surface area contributed by atoms with E-state index in [9.17, 15) is 23.1 Å². The van der Waals surface area contributed by atoms with Crippen LogP contribution in [0.3, 0.4) is 0 Å². The molecular formula is C24H19Cl2F3N2O3. The Morgan fingerprint density at radius 1 is 0.971 bits per heavy atom. The summed E-state index contributed by atoms with van der Waals surface area (Å²) in [5, 5.41) is 13.0. The van der Waals surface area contributed by atoms with E-state index in [-0.39, 0.29) is 17.9 Å². The molecule has 178 valence electrons. The molecule has 34 heavy (non-hydrogen) atoms. The van der Waals surface area contributed by atoms with Gasteiger partial charge in [-0.05, 0) is 60.7 Å². The predicted octanol–water partition coefficient (Wildman–Crippen LogP) is 6.32. The van der Waals surface area contributed by atoms with Crippen molar-refractivity contribution in [3.63, 3.8) is 0 Å². The van der Waals surface area contributed by atoms with Crippen molar-refractivity contribution in [2.24, 2.45) is 0 Å². The highest BCUT2D eigenvalue weighted by atomic mass is 35.5. The van der Waals surface area contributed by atoms with Gasteiger partial charge in [0.2, 0.25) is 0 Å². The number of hydrogen-bond acceptors (Lipinski definition) is 3. The highest BCUT2D eigenvalue weighted by Crippen LogP contribution is 2.46. The Hall–Kier alpha value is -2.78. The summed E-state index contributed by atoms with van der Waals surface area (Å²) in [5.74, 6) is 0. The number of carbonyl (C=O) groups is 1. The van der Waals surface area contributed by atoms with E-state index in [4.69, 9.17) is 27.9 Å². The molecule has 1 aliphatic rings. The van der Waals surface area contributed by atoms with E-state index < -0.39 is 29.5 Å². The van der Waals surface area contributed by atoms with E-state index in [1.54, 1.807) is 24.3 Å². The number of methoxy groups -OCH3 is 1. The molecule has 1 N–H and O–H groups in total. The number of carbonyl (C=O) groups excluding carboxylic acids is 1. The Kier molecular flexibility index (Phi) is 6.52. The molecule has 0 bridgehead atoms. The molecule has 1 heterocycles. The van der Waals surface area contributed by atoms with Gasteiger partial charge < -0.3 is 9.84 Å². The number of anilines is 2. The summed E-state index contributed by atoms with van der Waals surface area (Å²) < 4.78 is 45.9. The van der Waals surface area contributed by atoms with Crippen molar-refractivity contribution in [3.8, 4) is 0 Å². The van der Waals surface area contributed by atoms with Gasteiger partial charge in [0, 0.05) is 34.1 Å². The third-order valence-electron chi connectivity index (χ3n) is 5.64. The average Bonchev–Trinajstić information content (AvgIpc) is 3.02. The highest BCUT2D eigenvalue weighted by molar-refractivity contribution is 6.31. The molecule has 2 atom stereocenters. The minimum atomic E-state index is -4.65. The van der Waals surface area contributed by atoms with Crippen molar-refractivity contribution >= 4 is 40.6 Å². The topological polar surface area (TPSA) is 53.0 Å². The number of benzene rings is 3. The van der Waals surface area contributed by atoms with Crippen molar-refractivity contribution in [1.29, 1.82) is 0 Å². The quantitative estimate of drug-likeness (QED) is 0.437. The molecule has 0 aromatic heterocycles. The second-order valence-electron chi connectivity index (χ2n) is 7.72. The summed E-state index contributed by atoms with van der Waals surface area (Å²) in [7, 11) is 1.38. The number of ether oxygens (including phenoxy) is 1. The Morgan fingerprint density at radius 3 is 2.06 bits per heavy atom. The molecule has 1 aliphatic heterocycles. The standard InChI is InChI=1S/C24H19Cl2F3N2O3/c1-34-14-21-23(33,15-3-2-4-16(13-15)24(27,28)29)31(20-11-7-18(26)8-12-20)22(32)30(21)19-9-5-17(25)6-10-19/h2-13,21,33H,14H2,1H3.